The van der Waals surface area contributed by atoms with Crippen LogP contribution in [0.15, 0.2) is 18.2 Å². The molecular formula is C17H18F2N2O3. The number of benzene rings is 1. The zero-order valence-corrected chi connectivity index (χ0v) is 13.1. The average molecular weight is 336 g/mol. The van der Waals surface area contributed by atoms with Crippen molar-refractivity contribution in [2.24, 2.45) is 5.92 Å². The first-order valence-corrected chi connectivity index (χ1v) is 8.03. The van der Waals surface area contributed by atoms with Crippen molar-refractivity contribution in [3.05, 3.63) is 35.4 Å². The van der Waals surface area contributed by atoms with Crippen LogP contribution in [0.3, 0.4) is 0 Å². The Kier molecular flexibility index (Phi) is 4.59. The van der Waals surface area contributed by atoms with Crippen molar-refractivity contribution < 1.29 is 23.2 Å². The molecule has 5 nitrogen and oxygen atoms in total. The largest absolute Gasteiger partial charge is 0.349 e. The van der Waals surface area contributed by atoms with Gasteiger partial charge in [-0.05, 0) is 37.0 Å². The topological polar surface area (TPSA) is 66.5 Å². The van der Waals surface area contributed by atoms with E-state index in [-0.39, 0.29) is 55.0 Å². The van der Waals surface area contributed by atoms with Gasteiger partial charge in [0.05, 0.1) is 6.04 Å². The van der Waals surface area contributed by atoms with Gasteiger partial charge in [0.1, 0.15) is 11.6 Å². The number of carbonyl (C=O) groups is 3. The molecule has 24 heavy (non-hydrogen) atoms. The smallest absolute Gasteiger partial charge is 0.229 e. The maximum absolute atomic E-state index is 14.0. The number of imide groups is 1. The molecule has 1 atom stereocenters. The van der Waals surface area contributed by atoms with Gasteiger partial charge in [0.15, 0.2) is 0 Å². The van der Waals surface area contributed by atoms with Crippen LogP contribution in [0.1, 0.15) is 43.7 Å². The van der Waals surface area contributed by atoms with E-state index in [2.05, 4.69) is 5.32 Å². The number of hydrogen-bond acceptors (Lipinski definition) is 3. The molecule has 3 rings (SSSR count). The van der Waals surface area contributed by atoms with E-state index in [0.29, 0.717) is 0 Å². The summed E-state index contributed by atoms with van der Waals surface area (Å²) in [4.78, 5) is 36.3. The minimum absolute atomic E-state index is 0.0204. The van der Waals surface area contributed by atoms with E-state index in [1.165, 1.54) is 0 Å². The lowest BCUT2D eigenvalue weighted by Gasteiger charge is -2.20. The second-order valence-corrected chi connectivity index (χ2v) is 6.24. The van der Waals surface area contributed by atoms with Crippen LogP contribution in [-0.2, 0) is 14.4 Å². The number of halogens is 2. The van der Waals surface area contributed by atoms with Gasteiger partial charge >= 0.3 is 0 Å². The normalized spacial score (nSPS) is 18.8. The third kappa shape index (κ3) is 3.60. The van der Waals surface area contributed by atoms with Crippen molar-refractivity contribution in [2.45, 2.75) is 38.1 Å². The number of carbonyl (C=O) groups excluding carboxylic acids is 3. The Labute approximate surface area is 138 Å². The van der Waals surface area contributed by atoms with Gasteiger partial charge in [-0.3, -0.25) is 19.3 Å². The number of likely N-dealkylation sites (tertiary alicyclic amines) is 1. The molecule has 1 N–H and O–H groups in total. The summed E-state index contributed by atoms with van der Waals surface area (Å²) < 4.78 is 27.4. The van der Waals surface area contributed by atoms with E-state index in [1.54, 1.807) is 0 Å². The van der Waals surface area contributed by atoms with E-state index in [1.807, 2.05) is 0 Å². The van der Waals surface area contributed by atoms with E-state index in [4.69, 9.17) is 0 Å². The Hall–Kier alpha value is -2.31. The molecule has 128 valence electrons. The highest BCUT2D eigenvalue weighted by molar-refractivity contribution is 6.02. The predicted octanol–water partition coefficient (Wildman–Crippen LogP) is 2.07. The number of nitrogens with one attached hydrogen (secondary N) is 1. The quantitative estimate of drug-likeness (QED) is 0.809. The van der Waals surface area contributed by atoms with Crippen LogP contribution < -0.4 is 5.32 Å². The molecule has 1 aromatic carbocycles. The Morgan fingerprint density at radius 1 is 1.21 bits per heavy atom. The first-order valence-electron chi connectivity index (χ1n) is 8.03. The van der Waals surface area contributed by atoms with Crippen molar-refractivity contribution >= 4 is 17.7 Å². The second-order valence-electron chi connectivity index (χ2n) is 6.24. The van der Waals surface area contributed by atoms with Gasteiger partial charge in [0, 0.05) is 31.4 Å². The lowest BCUT2D eigenvalue weighted by Crippen LogP contribution is -2.36. The average Bonchev–Trinajstić information content (AvgIpc) is 3.33. The zero-order valence-electron chi connectivity index (χ0n) is 13.1. The van der Waals surface area contributed by atoms with Crippen LogP contribution in [0.25, 0.3) is 0 Å². The molecule has 1 aliphatic heterocycles. The molecule has 0 bridgehead atoms. The molecular weight excluding hydrogens is 318 g/mol. The van der Waals surface area contributed by atoms with Crippen LogP contribution in [0.5, 0.6) is 0 Å². The maximum Gasteiger partial charge on any atom is 0.229 e. The van der Waals surface area contributed by atoms with Crippen LogP contribution in [0.4, 0.5) is 8.78 Å². The standard InChI is InChI=1S/C17H18F2N2O3/c18-11-3-4-13(19)12(9-11)17(10-1-2-10)20-14(22)7-8-21-15(23)5-6-16(21)24/h3-4,9-10,17H,1-2,5-8H2,(H,20,22). The molecule has 1 aromatic rings. The fourth-order valence-electron chi connectivity index (χ4n) is 2.96. The summed E-state index contributed by atoms with van der Waals surface area (Å²) in [6.07, 6.45) is 1.99. The number of hydrogen-bond donors (Lipinski definition) is 1. The van der Waals surface area contributed by atoms with Gasteiger partial charge in [0.2, 0.25) is 17.7 Å². The molecule has 0 radical (unpaired) electrons. The van der Waals surface area contributed by atoms with Crippen LogP contribution in [0, 0.1) is 17.6 Å². The molecule has 7 heteroatoms. The summed E-state index contributed by atoms with van der Waals surface area (Å²) in [7, 11) is 0. The predicted molar refractivity (Wildman–Crippen MR) is 80.5 cm³/mol. The molecule has 3 amide bonds. The summed E-state index contributed by atoms with van der Waals surface area (Å²) in [5.74, 6) is -1.97. The number of rotatable bonds is 6. The van der Waals surface area contributed by atoms with Gasteiger partial charge in [-0.1, -0.05) is 0 Å². The zero-order chi connectivity index (χ0) is 17.3. The van der Waals surface area contributed by atoms with Gasteiger partial charge in [-0.25, -0.2) is 8.78 Å². The Morgan fingerprint density at radius 3 is 2.50 bits per heavy atom. The van der Waals surface area contributed by atoms with Gasteiger partial charge in [-0.15, -0.1) is 0 Å². The summed E-state index contributed by atoms with van der Waals surface area (Å²) in [5, 5.41) is 2.72. The maximum atomic E-state index is 14.0. The van der Waals surface area contributed by atoms with E-state index in [9.17, 15) is 23.2 Å². The number of nitrogens with zero attached hydrogens (tertiary/aromatic N) is 1. The molecule has 1 saturated heterocycles. The summed E-state index contributed by atoms with van der Waals surface area (Å²) >= 11 is 0. The molecule has 1 saturated carbocycles. The van der Waals surface area contributed by atoms with Gasteiger partial charge in [0.25, 0.3) is 0 Å². The molecule has 2 aliphatic rings. The van der Waals surface area contributed by atoms with Crippen molar-refractivity contribution in [1.29, 1.82) is 0 Å². The molecule has 0 spiro atoms. The fourth-order valence-corrected chi connectivity index (χ4v) is 2.96. The van der Waals surface area contributed by atoms with Crippen LogP contribution >= 0.6 is 0 Å². The minimum atomic E-state index is -0.585. The molecule has 1 heterocycles. The van der Waals surface area contributed by atoms with Crippen molar-refractivity contribution in [3.63, 3.8) is 0 Å². The highest BCUT2D eigenvalue weighted by atomic mass is 19.1. The van der Waals surface area contributed by atoms with Crippen LogP contribution in [-0.4, -0.2) is 29.2 Å². The molecule has 2 fully saturated rings. The van der Waals surface area contributed by atoms with Gasteiger partial charge in [-0.2, -0.15) is 0 Å². The summed E-state index contributed by atoms with van der Waals surface area (Å²) in [6.45, 7) is 0.0204. The Balaban J connectivity index is 1.63. The summed E-state index contributed by atoms with van der Waals surface area (Å²) in [5.41, 5.74) is 0.138. The van der Waals surface area contributed by atoms with Crippen molar-refractivity contribution in [1.82, 2.24) is 10.2 Å². The minimum Gasteiger partial charge on any atom is -0.349 e. The van der Waals surface area contributed by atoms with Crippen molar-refractivity contribution in [2.75, 3.05) is 6.54 Å². The lowest BCUT2D eigenvalue weighted by atomic mass is 10.0. The Bertz CT molecular complexity index is 672. The van der Waals surface area contributed by atoms with Gasteiger partial charge < -0.3 is 5.32 Å². The number of amides is 3. The first kappa shape index (κ1) is 16.5. The molecule has 0 aromatic heterocycles. The third-order valence-electron chi connectivity index (χ3n) is 4.42. The second kappa shape index (κ2) is 6.67. The van der Waals surface area contributed by atoms with E-state index in [0.717, 1.165) is 35.9 Å². The van der Waals surface area contributed by atoms with Crippen LogP contribution in [0.2, 0.25) is 0 Å². The highest BCUT2D eigenvalue weighted by Crippen LogP contribution is 2.41. The monoisotopic (exact) mass is 336 g/mol. The van der Waals surface area contributed by atoms with E-state index < -0.39 is 17.7 Å². The summed E-state index contributed by atoms with van der Waals surface area (Å²) in [6, 6.07) is 2.60. The SMILES string of the molecule is O=C(CCN1C(=O)CCC1=O)NC(c1cc(F)ccc1F)C1CC1. The first-order chi connectivity index (χ1) is 11.5. The highest BCUT2D eigenvalue weighted by Gasteiger charge is 2.35. The van der Waals surface area contributed by atoms with E-state index >= 15 is 0 Å². The molecule has 1 aliphatic carbocycles. The molecule has 1 unspecified atom stereocenters. The fraction of sp³-hybridized carbons (Fsp3) is 0.471. The third-order valence-corrected chi connectivity index (χ3v) is 4.42. The lowest BCUT2D eigenvalue weighted by molar-refractivity contribution is -0.138. The Morgan fingerprint density at radius 2 is 1.88 bits per heavy atom. The van der Waals surface area contributed by atoms with Crippen molar-refractivity contribution in [3.8, 4) is 0 Å².